The summed E-state index contributed by atoms with van der Waals surface area (Å²) in [6.07, 6.45) is 1.54. The zero-order valence-electron chi connectivity index (χ0n) is 18.3. The molecule has 0 bridgehead atoms. The van der Waals surface area contributed by atoms with Crippen molar-refractivity contribution in [2.45, 2.75) is 24.8 Å². The highest BCUT2D eigenvalue weighted by atomic mass is 16.5. The lowest BCUT2D eigenvalue weighted by Crippen LogP contribution is -2.50. The number of nitrogens with one attached hydrogen (secondary N) is 1. The van der Waals surface area contributed by atoms with Gasteiger partial charge in [-0.3, -0.25) is 0 Å². The second kappa shape index (κ2) is 8.12. The van der Waals surface area contributed by atoms with Gasteiger partial charge in [-0.05, 0) is 30.4 Å². The second-order valence-corrected chi connectivity index (χ2v) is 8.02. The third-order valence-corrected chi connectivity index (χ3v) is 6.19. The van der Waals surface area contributed by atoms with Gasteiger partial charge in [-0.2, -0.15) is 9.97 Å². The molecule has 0 atom stereocenters. The maximum absolute atomic E-state index is 11.3. The van der Waals surface area contributed by atoms with Gasteiger partial charge < -0.3 is 24.3 Å². The molecule has 8 nitrogen and oxygen atoms in total. The van der Waals surface area contributed by atoms with Gasteiger partial charge in [0.15, 0.2) is 0 Å². The molecular formula is C25H23N3O5. The van der Waals surface area contributed by atoms with Crippen LogP contribution in [0.5, 0.6) is 11.9 Å². The van der Waals surface area contributed by atoms with E-state index in [4.69, 9.17) is 13.9 Å². The molecular weight excluding hydrogens is 422 g/mol. The molecule has 4 aromatic rings. The smallest absolute Gasteiger partial charge is 0.405 e. The predicted octanol–water partition coefficient (Wildman–Crippen LogP) is 5.22. The second-order valence-electron chi connectivity index (χ2n) is 8.02. The number of furan rings is 1. The van der Waals surface area contributed by atoms with E-state index in [1.165, 1.54) is 7.11 Å². The van der Waals surface area contributed by atoms with Crippen LogP contribution in [-0.2, 0) is 5.54 Å². The zero-order chi connectivity index (χ0) is 23.0. The van der Waals surface area contributed by atoms with E-state index in [9.17, 15) is 9.90 Å². The van der Waals surface area contributed by atoms with Gasteiger partial charge in [-0.15, -0.1) is 0 Å². The van der Waals surface area contributed by atoms with Crippen LogP contribution in [0.4, 0.5) is 4.79 Å². The van der Waals surface area contributed by atoms with Crippen molar-refractivity contribution < 1.29 is 23.8 Å². The van der Waals surface area contributed by atoms with Crippen LogP contribution in [0.15, 0.2) is 59.0 Å². The summed E-state index contributed by atoms with van der Waals surface area (Å²) in [6, 6.07) is 17.8. The minimum atomic E-state index is -1.01. The van der Waals surface area contributed by atoms with Crippen LogP contribution in [-0.4, -0.2) is 35.4 Å². The topological polar surface area (TPSA) is 107 Å². The molecule has 0 spiro atoms. The molecule has 0 saturated heterocycles. The highest BCUT2D eigenvalue weighted by Crippen LogP contribution is 2.45. The minimum absolute atomic E-state index is 0.154. The van der Waals surface area contributed by atoms with Crippen molar-refractivity contribution in [3.8, 4) is 34.3 Å². The number of benzene rings is 2. The molecule has 33 heavy (non-hydrogen) atoms. The SMILES string of the molecule is COc1nc(OC)c2c(-c3ccccc3)c(-c3ccc(C4(NC(=O)O)CCC4)cc3)oc2n1. The number of amides is 1. The fraction of sp³-hybridized carbons (Fsp3) is 0.240. The van der Waals surface area contributed by atoms with Crippen LogP contribution in [0.25, 0.3) is 33.6 Å². The van der Waals surface area contributed by atoms with Crippen molar-refractivity contribution in [2.24, 2.45) is 0 Å². The number of rotatable bonds is 6. The number of methoxy groups -OCH3 is 2. The first-order chi connectivity index (χ1) is 16.0. The number of carboxylic acid groups (broad SMARTS) is 1. The molecule has 1 saturated carbocycles. The molecule has 0 aliphatic heterocycles. The number of fused-ring (bicyclic) bond motifs is 1. The largest absolute Gasteiger partial charge is 0.480 e. The summed E-state index contributed by atoms with van der Waals surface area (Å²) in [5, 5.41) is 12.6. The normalized spacial score (nSPS) is 14.5. The fourth-order valence-corrected chi connectivity index (χ4v) is 4.43. The molecule has 2 N–H and O–H groups in total. The Bertz CT molecular complexity index is 1310. The van der Waals surface area contributed by atoms with Crippen LogP contribution in [0.3, 0.4) is 0 Å². The molecule has 2 aromatic heterocycles. The molecule has 1 amide bonds. The lowest BCUT2D eigenvalue weighted by atomic mass is 9.72. The van der Waals surface area contributed by atoms with E-state index in [1.807, 2.05) is 54.6 Å². The van der Waals surface area contributed by atoms with E-state index in [0.717, 1.165) is 41.5 Å². The maximum Gasteiger partial charge on any atom is 0.405 e. The molecule has 1 aliphatic rings. The molecule has 8 heteroatoms. The van der Waals surface area contributed by atoms with E-state index in [-0.39, 0.29) is 6.01 Å². The third-order valence-electron chi connectivity index (χ3n) is 6.19. The molecule has 2 heterocycles. The highest BCUT2D eigenvalue weighted by molar-refractivity contribution is 6.03. The van der Waals surface area contributed by atoms with Crippen LogP contribution >= 0.6 is 0 Å². The predicted molar refractivity (Wildman–Crippen MR) is 122 cm³/mol. The highest BCUT2D eigenvalue weighted by Gasteiger charge is 2.40. The fourth-order valence-electron chi connectivity index (χ4n) is 4.43. The molecule has 1 fully saturated rings. The van der Waals surface area contributed by atoms with E-state index in [1.54, 1.807) is 7.11 Å². The summed E-state index contributed by atoms with van der Waals surface area (Å²) in [5.41, 5.74) is 3.37. The quantitative estimate of drug-likeness (QED) is 0.419. The van der Waals surface area contributed by atoms with E-state index >= 15 is 0 Å². The number of hydrogen-bond acceptors (Lipinski definition) is 6. The van der Waals surface area contributed by atoms with Crippen molar-refractivity contribution in [1.82, 2.24) is 15.3 Å². The summed E-state index contributed by atoms with van der Waals surface area (Å²) in [7, 11) is 3.04. The van der Waals surface area contributed by atoms with Gasteiger partial charge in [0, 0.05) is 11.1 Å². The number of carbonyl (C=O) groups is 1. The minimum Gasteiger partial charge on any atom is -0.480 e. The molecule has 0 radical (unpaired) electrons. The van der Waals surface area contributed by atoms with Crippen LogP contribution in [0.2, 0.25) is 0 Å². The molecule has 1 aliphatic carbocycles. The Kier molecular flexibility index (Phi) is 5.12. The Morgan fingerprint density at radius 3 is 2.30 bits per heavy atom. The Labute approximate surface area is 190 Å². The average Bonchev–Trinajstić information content (AvgIpc) is 3.21. The van der Waals surface area contributed by atoms with Crippen LogP contribution in [0.1, 0.15) is 24.8 Å². The first-order valence-corrected chi connectivity index (χ1v) is 10.6. The summed E-state index contributed by atoms with van der Waals surface area (Å²) in [5.74, 6) is 0.985. The van der Waals surface area contributed by atoms with Crippen molar-refractivity contribution in [1.29, 1.82) is 0 Å². The van der Waals surface area contributed by atoms with Gasteiger partial charge in [-0.25, -0.2) is 4.79 Å². The van der Waals surface area contributed by atoms with Crippen LogP contribution < -0.4 is 14.8 Å². The number of ether oxygens (including phenoxy) is 2. The standard InChI is InChI=1S/C25H23N3O5/c1-31-21-19-18(15-7-4-3-5-8-15)20(33-22(19)27-23(26-21)32-2)16-9-11-17(12-10-16)25(13-6-14-25)28-24(29)30/h3-5,7-12,28H,6,13-14H2,1-2H3,(H,29,30). The number of hydrogen-bond donors (Lipinski definition) is 2. The molecule has 168 valence electrons. The number of nitrogens with zero attached hydrogens (tertiary/aromatic N) is 2. The Hall–Kier alpha value is -4.07. The number of aromatic nitrogens is 2. The molecule has 5 rings (SSSR count). The van der Waals surface area contributed by atoms with E-state index in [0.29, 0.717) is 22.7 Å². The average molecular weight is 445 g/mol. The summed E-state index contributed by atoms with van der Waals surface area (Å²) in [6.45, 7) is 0. The van der Waals surface area contributed by atoms with Gasteiger partial charge in [0.05, 0.1) is 19.8 Å². The molecule has 0 unspecified atom stereocenters. The zero-order valence-corrected chi connectivity index (χ0v) is 18.3. The van der Waals surface area contributed by atoms with Gasteiger partial charge in [0.2, 0.25) is 11.6 Å². The lowest BCUT2D eigenvalue weighted by Gasteiger charge is -2.42. The summed E-state index contributed by atoms with van der Waals surface area (Å²) >= 11 is 0. The Balaban J connectivity index is 1.67. The lowest BCUT2D eigenvalue weighted by molar-refractivity contribution is 0.144. The van der Waals surface area contributed by atoms with Crippen molar-refractivity contribution in [3.05, 3.63) is 60.2 Å². The van der Waals surface area contributed by atoms with E-state index < -0.39 is 11.6 Å². The maximum atomic E-state index is 11.3. The summed E-state index contributed by atoms with van der Waals surface area (Å²) < 4.78 is 17.0. The van der Waals surface area contributed by atoms with Gasteiger partial charge in [0.25, 0.3) is 0 Å². The van der Waals surface area contributed by atoms with Crippen molar-refractivity contribution in [3.63, 3.8) is 0 Å². The first-order valence-electron chi connectivity index (χ1n) is 10.6. The van der Waals surface area contributed by atoms with Gasteiger partial charge in [-0.1, -0.05) is 54.6 Å². The summed E-state index contributed by atoms with van der Waals surface area (Å²) in [4.78, 5) is 20.1. The van der Waals surface area contributed by atoms with E-state index in [2.05, 4.69) is 15.3 Å². The first kappa shape index (κ1) is 20.8. The Morgan fingerprint density at radius 1 is 1.00 bits per heavy atom. The van der Waals surface area contributed by atoms with Crippen molar-refractivity contribution in [2.75, 3.05) is 14.2 Å². The third kappa shape index (κ3) is 3.53. The van der Waals surface area contributed by atoms with Gasteiger partial charge in [0.1, 0.15) is 11.1 Å². The van der Waals surface area contributed by atoms with Crippen LogP contribution in [0, 0.1) is 0 Å². The Morgan fingerprint density at radius 2 is 1.73 bits per heavy atom. The van der Waals surface area contributed by atoms with Gasteiger partial charge >= 0.3 is 12.1 Å². The monoisotopic (exact) mass is 445 g/mol. The molecule has 2 aromatic carbocycles. The van der Waals surface area contributed by atoms with Crippen molar-refractivity contribution >= 4 is 17.2 Å².